The molecule has 1 atom stereocenters. The van der Waals surface area contributed by atoms with Crippen molar-refractivity contribution in [1.29, 1.82) is 0 Å². The summed E-state index contributed by atoms with van der Waals surface area (Å²) < 4.78 is 0. The number of nitrogens with one attached hydrogen (secondary N) is 2. The van der Waals surface area contributed by atoms with Crippen LogP contribution in [0.4, 0.5) is 0 Å². The molecule has 3 amide bonds. The fourth-order valence-corrected chi connectivity index (χ4v) is 3.61. The number of nitrogens with two attached hydrogens (primary N) is 1. The maximum atomic E-state index is 12.8. The van der Waals surface area contributed by atoms with Gasteiger partial charge < -0.3 is 16.0 Å². The Balaban J connectivity index is 1.64. The summed E-state index contributed by atoms with van der Waals surface area (Å²) in [5.41, 5.74) is 8.23. The minimum atomic E-state index is -0.565. The van der Waals surface area contributed by atoms with E-state index in [0.717, 1.165) is 43.5 Å². The maximum absolute atomic E-state index is 12.8. The van der Waals surface area contributed by atoms with Gasteiger partial charge in [-0.3, -0.25) is 19.7 Å². The quantitative estimate of drug-likeness (QED) is 0.468. The van der Waals surface area contributed by atoms with E-state index in [2.05, 4.69) is 10.6 Å². The van der Waals surface area contributed by atoms with E-state index in [1.807, 2.05) is 18.2 Å². The number of benzene rings is 1. The van der Waals surface area contributed by atoms with Gasteiger partial charge >= 0.3 is 0 Å². The van der Waals surface area contributed by atoms with E-state index in [9.17, 15) is 14.4 Å². The highest BCUT2D eigenvalue weighted by atomic mass is 16.2. The minimum absolute atomic E-state index is 0.126. The van der Waals surface area contributed by atoms with Gasteiger partial charge in [0.25, 0.3) is 5.91 Å². The van der Waals surface area contributed by atoms with Crippen LogP contribution < -0.4 is 16.4 Å². The summed E-state index contributed by atoms with van der Waals surface area (Å²) in [6.45, 7) is 2.76. The summed E-state index contributed by atoms with van der Waals surface area (Å²) in [7, 11) is 0. The molecule has 0 spiro atoms. The monoisotopic (exact) mass is 358 g/mol. The van der Waals surface area contributed by atoms with Crippen LogP contribution in [0.1, 0.15) is 53.6 Å². The second-order valence-electron chi connectivity index (χ2n) is 6.87. The standard InChI is InChI=1S/C19H26N4O3/c20-9-2-1-3-10-21-11-13-5-4-6-14-15(13)12-23(19(14)26)16-7-8-17(24)22-18(16)25/h4-6,16,21H,1-3,7-12,20H2,(H,22,24,25). The Labute approximate surface area is 153 Å². The normalized spacial score (nSPS) is 19.7. The first-order chi connectivity index (χ1) is 12.6. The summed E-state index contributed by atoms with van der Waals surface area (Å²) in [5, 5.41) is 5.75. The summed E-state index contributed by atoms with van der Waals surface area (Å²) >= 11 is 0. The molecule has 1 aromatic rings. The lowest BCUT2D eigenvalue weighted by atomic mass is 10.0. The fraction of sp³-hybridized carbons (Fsp3) is 0.526. The summed E-state index contributed by atoms with van der Waals surface area (Å²) in [5.74, 6) is -0.767. The van der Waals surface area contributed by atoms with Gasteiger partial charge in [-0.25, -0.2) is 0 Å². The van der Waals surface area contributed by atoms with Crippen LogP contribution in [-0.2, 0) is 22.7 Å². The highest BCUT2D eigenvalue weighted by molar-refractivity contribution is 6.05. The third kappa shape index (κ3) is 3.94. The van der Waals surface area contributed by atoms with E-state index in [1.165, 1.54) is 0 Å². The lowest BCUT2D eigenvalue weighted by Crippen LogP contribution is -2.52. The Morgan fingerprint density at radius 1 is 1.19 bits per heavy atom. The molecule has 1 unspecified atom stereocenters. The van der Waals surface area contributed by atoms with Gasteiger partial charge in [0.1, 0.15) is 6.04 Å². The van der Waals surface area contributed by atoms with E-state index in [0.29, 0.717) is 25.1 Å². The Kier molecular flexibility index (Phi) is 6.00. The molecule has 140 valence electrons. The van der Waals surface area contributed by atoms with Gasteiger partial charge in [-0.1, -0.05) is 18.6 Å². The molecule has 7 nitrogen and oxygen atoms in total. The molecule has 0 aliphatic carbocycles. The van der Waals surface area contributed by atoms with Crippen LogP contribution >= 0.6 is 0 Å². The summed E-state index contributed by atoms with van der Waals surface area (Å²) in [6.07, 6.45) is 3.89. The first-order valence-electron chi connectivity index (χ1n) is 9.28. The lowest BCUT2D eigenvalue weighted by molar-refractivity contribution is -0.136. The van der Waals surface area contributed by atoms with Crippen LogP contribution in [0.3, 0.4) is 0 Å². The predicted octanol–water partition coefficient (Wildman–Crippen LogP) is 0.666. The molecular formula is C19H26N4O3. The zero-order chi connectivity index (χ0) is 18.5. The fourth-order valence-electron chi connectivity index (χ4n) is 3.61. The average Bonchev–Trinajstić information content (AvgIpc) is 2.96. The molecular weight excluding hydrogens is 332 g/mol. The second kappa shape index (κ2) is 8.42. The van der Waals surface area contributed by atoms with Gasteiger partial charge in [0.15, 0.2) is 0 Å². The largest absolute Gasteiger partial charge is 0.330 e. The first kappa shape index (κ1) is 18.5. The van der Waals surface area contributed by atoms with Gasteiger partial charge in [-0.15, -0.1) is 0 Å². The molecule has 0 radical (unpaired) electrons. The lowest BCUT2D eigenvalue weighted by Gasteiger charge is -2.29. The number of carbonyl (C=O) groups is 3. The van der Waals surface area contributed by atoms with Crippen LogP contribution in [0.2, 0.25) is 0 Å². The molecule has 0 saturated carbocycles. The number of imide groups is 1. The van der Waals surface area contributed by atoms with Crippen LogP contribution in [0.15, 0.2) is 18.2 Å². The molecule has 0 bridgehead atoms. The van der Waals surface area contributed by atoms with Gasteiger partial charge in [0.05, 0.1) is 0 Å². The third-order valence-corrected chi connectivity index (χ3v) is 5.05. The average molecular weight is 358 g/mol. The van der Waals surface area contributed by atoms with Crippen molar-refractivity contribution in [2.24, 2.45) is 5.73 Å². The van der Waals surface area contributed by atoms with E-state index >= 15 is 0 Å². The predicted molar refractivity (Wildman–Crippen MR) is 97.1 cm³/mol. The second-order valence-corrected chi connectivity index (χ2v) is 6.87. The minimum Gasteiger partial charge on any atom is -0.330 e. The highest BCUT2D eigenvalue weighted by Gasteiger charge is 2.39. The number of amides is 3. The van der Waals surface area contributed by atoms with Crippen molar-refractivity contribution in [1.82, 2.24) is 15.5 Å². The number of carbonyl (C=O) groups excluding carboxylic acids is 3. The van der Waals surface area contributed by atoms with Gasteiger partial charge in [-0.2, -0.15) is 0 Å². The molecule has 1 fully saturated rings. The number of hydrogen-bond donors (Lipinski definition) is 3. The number of hydrogen-bond acceptors (Lipinski definition) is 5. The van der Waals surface area contributed by atoms with Crippen LogP contribution in [0.25, 0.3) is 0 Å². The topological polar surface area (TPSA) is 105 Å². The molecule has 7 heteroatoms. The van der Waals surface area contributed by atoms with Crippen molar-refractivity contribution in [3.63, 3.8) is 0 Å². The summed E-state index contributed by atoms with van der Waals surface area (Å²) in [4.78, 5) is 37.8. The molecule has 1 saturated heterocycles. The van der Waals surface area contributed by atoms with E-state index < -0.39 is 6.04 Å². The zero-order valence-corrected chi connectivity index (χ0v) is 14.9. The van der Waals surface area contributed by atoms with Gasteiger partial charge in [0.2, 0.25) is 11.8 Å². The van der Waals surface area contributed by atoms with Gasteiger partial charge in [-0.05, 0) is 49.5 Å². The molecule has 1 aromatic carbocycles. The maximum Gasteiger partial charge on any atom is 0.255 e. The van der Waals surface area contributed by atoms with Crippen molar-refractivity contribution in [2.75, 3.05) is 13.1 Å². The molecule has 2 heterocycles. The van der Waals surface area contributed by atoms with Crippen molar-refractivity contribution in [2.45, 2.75) is 51.2 Å². The number of unbranched alkanes of at least 4 members (excludes halogenated alkanes) is 2. The Hall–Kier alpha value is -2.25. The molecule has 3 rings (SSSR count). The van der Waals surface area contributed by atoms with Crippen LogP contribution in [0.5, 0.6) is 0 Å². The van der Waals surface area contributed by atoms with Crippen molar-refractivity contribution >= 4 is 17.7 Å². The van der Waals surface area contributed by atoms with E-state index in [-0.39, 0.29) is 24.1 Å². The van der Waals surface area contributed by atoms with E-state index in [1.54, 1.807) is 4.90 Å². The van der Waals surface area contributed by atoms with Crippen LogP contribution in [-0.4, -0.2) is 41.8 Å². The third-order valence-electron chi connectivity index (χ3n) is 5.05. The van der Waals surface area contributed by atoms with Crippen molar-refractivity contribution in [3.8, 4) is 0 Å². The molecule has 4 N–H and O–H groups in total. The van der Waals surface area contributed by atoms with Crippen LogP contribution in [0, 0.1) is 0 Å². The highest BCUT2D eigenvalue weighted by Crippen LogP contribution is 2.29. The Bertz CT molecular complexity index is 704. The number of fused-ring (bicyclic) bond motifs is 1. The zero-order valence-electron chi connectivity index (χ0n) is 14.9. The molecule has 2 aliphatic rings. The smallest absolute Gasteiger partial charge is 0.255 e. The Morgan fingerprint density at radius 2 is 2.04 bits per heavy atom. The molecule has 2 aliphatic heterocycles. The number of piperidine rings is 1. The van der Waals surface area contributed by atoms with E-state index in [4.69, 9.17) is 5.73 Å². The van der Waals surface area contributed by atoms with Gasteiger partial charge in [0, 0.05) is 25.1 Å². The number of rotatable bonds is 8. The SMILES string of the molecule is NCCCCCNCc1cccc2c1CN(C1CCC(=O)NC1=O)C2=O. The number of nitrogens with zero attached hydrogens (tertiary/aromatic N) is 1. The van der Waals surface area contributed by atoms with Crippen molar-refractivity contribution < 1.29 is 14.4 Å². The van der Waals surface area contributed by atoms with Crippen molar-refractivity contribution in [3.05, 3.63) is 34.9 Å². The first-order valence-corrected chi connectivity index (χ1v) is 9.28. The summed E-state index contributed by atoms with van der Waals surface area (Å²) in [6, 6.07) is 5.15. The molecule has 0 aromatic heterocycles. The molecule has 26 heavy (non-hydrogen) atoms. The Morgan fingerprint density at radius 3 is 2.81 bits per heavy atom.